The largest absolute Gasteiger partial charge is 0.506 e. The van der Waals surface area contributed by atoms with Gasteiger partial charge in [0.15, 0.2) is 0 Å². The molecule has 0 saturated carbocycles. The lowest BCUT2D eigenvalue weighted by atomic mass is 10.2. The second-order valence-electron chi connectivity index (χ2n) is 6.36. The molecule has 0 aromatic heterocycles. The van der Waals surface area contributed by atoms with Gasteiger partial charge in [0, 0.05) is 24.4 Å². The Kier molecular flexibility index (Phi) is 9.06. The van der Waals surface area contributed by atoms with Crippen LogP contribution in [0.5, 0.6) is 0 Å². The molecule has 0 aliphatic carbocycles. The second-order valence-corrected chi connectivity index (χ2v) is 8.78. The van der Waals surface area contributed by atoms with E-state index in [1.165, 1.54) is 5.56 Å². The van der Waals surface area contributed by atoms with Gasteiger partial charge in [-0.05, 0) is 45.6 Å². The molecular weight excluding hydrogens is 304 g/mol. The van der Waals surface area contributed by atoms with Crippen LogP contribution in [0, 0.1) is 0 Å². The van der Waals surface area contributed by atoms with E-state index in [2.05, 4.69) is 65.8 Å². The van der Waals surface area contributed by atoms with E-state index in [1.54, 1.807) is 0 Å². The Morgan fingerprint density at radius 3 is 1.48 bits per heavy atom. The summed E-state index contributed by atoms with van der Waals surface area (Å²) in [6.45, 7) is 12.7. The molecule has 1 rings (SSSR count). The van der Waals surface area contributed by atoms with Crippen molar-refractivity contribution in [3.63, 3.8) is 0 Å². The van der Waals surface area contributed by atoms with Gasteiger partial charge in [-0.3, -0.25) is 0 Å². The number of hydrogen-bond donors (Lipinski definition) is 0. The SMILES string of the molecule is CCC(C)O[Si](Cc1ccccc1)(OC(C)CC)OC(C)CC. The van der Waals surface area contributed by atoms with E-state index in [4.69, 9.17) is 13.3 Å². The van der Waals surface area contributed by atoms with Crippen molar-refractivity contribution >= 4 is 8.80 Å². The maximum Gasteiger partial charge on any atom is 0.506 e. The molecule has 0 spiro atoms. The smallest absolute Gasteiger partial charge is 0.370 e. The predicted molar refractivity (Wildman–Crippen MR) is 98.4 cm³/mol. The monoisotopic (exact) mass is 338 g/mol. The summed E-state index contributed by atoms with van der Waals surface area (Å²) in [6.07, 6.45) is 3.28. The Labute approximate surface area is 143 Å². The zero-order valence-corrected chi connectivity index (χ0v) is 16.7. The first kappa shape index (κ1) is 20.4. The Bertz CT molecular complexity index is 393. The molecule has 3 atom stereocenters. The van der Waals surface area contributed by atoms with Crippen molar-refractivity contribution < 1.29 is 13.3 Å². The molecular formula is C19H34O3Si. The highest BCUT2D eigenvalue weighted by molar-refractivity contribution is 6.60. The van der Waals surface area contributed by atoms with E-state index >= 15 is 0 Å². The zero-order valence-electron chi connectivity index (χ0n) is 15.7. The van der Waals surface area contributed by atoms with Crippen LogP contribution in [0.15, 0.2) is 30.3 Å². The van der Waals surface area contributed by atoms with Crippen molar-refractivity contribution in [1.29, 1.82) is 0 Å². The van der Waals surface area contributed by atoms with Crippen LogP contribution in [0.3, 0.4) is 0 Å². The molecule has 0 fully saturated rings. The van der Waals surface area contributed by atoms with Crippen LogP contribution in [-0.2, 0) is 19.3 Å². The lowest BCUT2D eigenvalue weighted by molar-refractivity contribution is -0.0116. The fraction of sp³-hybridized carbons (Fsp3) is 0.684. The first-order valence-electron chi connectivity index (χ1n) is 9.02. The van der Waals surface area contributed by atoms with E-state index in [-0.39, 0.29) is 18.3 Å². The van der Waals surface area contributed by atoms with Gasteiger partial charge in [0.1, 0.15) is 0 Å². The van der Waals surface area contributed by atoms with Gasteiger partial charge in [0.05, 0.1) is 0 Å². The van der Waals surface area contributed by atoms with E-state index in [1.807, 2.05) is 6.07 Å². The van der Waals surface area contributed by atoms with E-state index in [0.29, 0.717) is 0 Å². The van der Waals surface area contributed by atoms with Gasteiger partial charge < -0.3 is 13.3 Å². The van der Waals surface area contributed by atoms with Crippen LogP contribution in [0.4, 0.5) is 0 Å². The lowest BCUT2D eigenvalue weighted by Gasteiger charge is -2.36. The van der Waals surface area contributed by atoms with Crippen molar-refractivity contribution in [3.8, 4) is 0 Å². The summed E-state index contributed by atoms with van der Waals surface area (Å²) in [7, 11) is -2.79. The zero-order chi connectivity index (χ0) is 17.3. The summed E-state index contributed by atoms with van der Waals surface area (Å²) in [5.41, 5.74) is 1.22. The van der Waals surface area contributed by atoms with Gasteiger partial charge in [-0.1, -0.05) is 51.1 Å². The van der Waals surface area contributed by atoms with Crippen LogP contribution in [-0.4, -0.2) is 27.1 Å². The average Bonchev–Trinajstić information content (AvgIpc) is 2.55. The Morgan fingerprint density at radius 2 is 1.13 bits per heavy atom. The highest BCUT2D eigenvalue weighted by Crippen LogP contribution is 2.24. The number of hydrogen-bond acceptors (Lipinski definition) is 3. The Morgan fingerprint density at radius 1 is 0.739 bits per heavy atom. The molecule has 0 amide bonds. The molecule has 3 nitrogen and oxygen atoms in total. The quantitative estimate of drug-likeness (QED) is 0.522. The van der Waals surface area contributed by atoms with Gasteiger partial charge in [-0.15, -0.1) is 0 Å². The summed E-state index contributed by atoms with van der Waals surface area (Å²) in [4.78, 5) is 0. The van der Waals surface area contributed by atoms with Gasteiger partial charge in [-0.2, -0.15) is 0 Å². The first-order valence-corrected chi connectivity index (χ1v) is 10.9. The summed E-state index contributed by atoms with van der Waals surface area (Å²) >= 11 is 0. The van der Waals surface area contributed by atoms with Crippen molar-refractivity contribution in [2.24, 2.45) is 0 Å². The molecule has 1 aromatic rings. The minimum Gasteiger partial charge on any atom is -0.370 e. The third kappa shape index (κ3) is 7.17. The predicted octanol–water partition coefficient (Wildman–Crippen LogP) is 5.15. The molecule has 0 N–H and O–H groups in total. The molecule has 0 heterocycles. The lowest BCUT2D eigenvalue weighted by Crippen LogP contribution is -2.53. The van der Waals surface area contributed by atoms with Crippen molar-refractivity contribution in [2.75, 3.05) is 0 Å². The molecule has 1 aromatic carbocycles. The maximum atomic E-state index is 6.43. The minimum atomic E-state index is -2.79. The van der Waals surface area contributed by atoms with Crippen LogP contribution in [0.2, 0.25) is 0 Å². The fourth-order valence-electron chi connectivity index (χ4n) is 2.22. The highest BCUT2D eigenvalue weighted by atomic mass is 28.4. The molecule has 3 unspecified atom stereocenters. The Hall–Kier alpha value is -0.683. The second kappa shape index (κ2) is 10.2. The first-order chi connectivity index (χ1) is 10.9. The maximum absolute atomic E-state index is 6.43. The highest BCUT2D eigenvalue weighted by Gasteiger charge is 2.45. The van der Waals surface area contributed by atoms with Crippen LogP contribution >= 0.6 is 0 Å². The van der Waals surface area contributed by atoms with Gasteiger partial charge in [0.2, 0.25) is 0 Å². The van der Waals surface area contributed by atoms with Crippen LogP contribution < -0.4 is 0 Å². The number of benzene rings is 1. The summed E-state index contributed by atoms with van der Waals surface area (Å²) in [6, 6.07) is 11.1. The summed E-state index contributed by atoms with van der Waals surface area (Å²) < 4.78 is 19.3. The third-order valence-electron chi connectivity index (χ3n) is 4.13. The number of rotatable bonds is 11. The molecule has 0 bridgehead atoms. The van der Waals surface area contributed by atoms with Crippen molar-refractivity contribution in [1.82, 2.24) is 0 Å². The molecule has 0 saturated heterocycles. The van der Waals surface area contributed by atoms with Gasteiger partial charge >= 0.3 is 8.80 Å². The average molecular weight is 339 g/mol. The van der Waals surface area contributed by atoms with Crippen LogP contribution in [0.1, 0.15) is 66.4 Å². The van der Waals surface area contributed by atoms with Gasteiger partial charge in [0.25, 0.3) is 0 Å². The summed E-state index contributed by atoms with van der Waals surface area (Å²) in [5.74, 6) is 0. The Balaban J connectivity index is 3.08. The third-order valence-corrected chi connectivity index (χ3v) is 7.26. The molecule has 0 aliphatic heterocycles. The van der Waals surface area contributed by atoms with Crippen molar-refractivity contribution in [3.05, 3.63) is 35.9 Å². The topological polar surface area (TPSA) is 27.7 Å². The van der Waals surface area contributed by atoms with Crippen molar-refractivity contribution in [2.45, 2.75) is 85.2 Å². The molecule has 0 aliphatic rings. The molecule has 132 valence electrons. The normalized spacial score (nSPS) is 18.2. The standard InChI is InChI=1S/C19H34O3Si/c1-7-16(4)20-23(21-17(5)8-2,22-18(6)9-3)15-19-13-11-10-12-14-19/h10-14,16-18H,7-9,15H2,1-6H3. The molecule has 23 heavy (non-hydrogen) atoms. The van der Waals surface area contributed by atoms with Gasteiger partial charge in [-0.25, -0.2) is 0 Å². The van der Waals surface area contributed by atoms with E-state index in [9.17, 15) is 0 Å². The van der Waals surface area contributed by atoms with E-state index in [0.717, 1.165) is 25.3 Å². The molecule has 4 heteroatoms. The fourth-order valence-corrected chi connectivity index (χ4v) is 5.72. The molecule has 0 radical (unpaired) electrons. The van der Waals surface area contributed by atoms with Crippen LogP contribution in [0.25, 0.3) is 0 Å². The van der Waals surface area contributed by atoms with E-state index < -0.39 is 8.80 Å². The minimum absolute atomic E-state index is 0.137. The summed E-state index contributed by atoms with van der Waals surface area (Å²) in [5, 5.41) is 0.